The molecule has 7 nitrogen and oxygen atoms in total. The average Bonchev–Trinajstić information content (AvgIpc) is 3.24. The van der Waals surface area contributed by atoms with E-state index in [1.54, 1.807) is 7.11 Å². The van der Waals surface area contributed by atoms with Gasteiger partial charge in [-0.1, -0.05) is 19.1 Å². The first-order chi connectivity index (χ1) is 15.1. The lowest BCUT2D eigenvalue weighted by Crippen LogP contribution is -2.65. The number of hydrogen-bond donors (Lipinski definition) is 1. The second-order valence-electron chi connectivity index (χ2n) is 9.39. The Bertz CT molecular complexity index is 928. The molecule has 4 heterocycles. The normalized spacial score (nSPS) is 28.5. The highest BCUT2D eigenvalue weighted by atomic mass is 16.5. The molecule has 3 aliphatic heterocycles. The van der Waals surface area contributed by atoms with E-state index in [0.717, 1.165) is 62.7 Å². The summed E-state index contributed by atoms with van der Waals surface area (Å²) in [5.41, 5.74) is 1.25. The van der Waals surface area contributed by atoms with E-state index in [-0.39, 0.29) is 6.04 Å². The average molecular weight is 424 g/mol. The predicted molar refractivity (Wildman–Crippen MR) is 118 cm³/mol. The van der Waals surface area contributed by atoms with Crippen molar-refractivity contribution in [1.29, 1.82) is 0 Å². The van der Waals surface area contributed by atoms with Gasteiger partial charge in [-0.3, -0.25) is 14.8 Å². The number of aryl methyl sites for hydroxylation is 1. The number of nitrogens with zero attached hydrogens (tertiary/aromatic N) is 4. The van der Waals surface area contributed by atoms with E-state index < -0.39 is 0 Å². The molecule has 1 amide bonds. The van der Waals surface area contributed by atoms with E-state index in [2.05, 4.69) is 50.1 Å². The highest BCUT2D eigenvalue weighted by Gasteiger charge is 2.49. The Kier molecular flexibility index (Phi) is 5.69. The standard InChI is InChI=1S/C24H33N5O2/c1-3-22-25-23(27-26-22)15-28-13-17-12-18(14-28)21(29-20(17)8-5-9-24(29)30)11-16-6-4-7-19(10-16)31-2/h4,6-7,10,17-18,20-21H,3,5,8-9,11-15H2,1-2H3,(H,25,26,27)/t17-,18+,20+,21+/m1/s1. The number of likely N-dealkylation sites (tertiary alicyclic amines) is 1. The summed E-state index contributed by atoms with van der Waals surface area (Å²) < 4.78 is 5.44. The Morgan fingerprint density at radius 1 is 1.26 bits per heavy atom. The fraction of sp³-hybridized carbons (Fsp3) is 0.625. The monoisotopic (exact) mass is 423 g/mol. The zero-order valence-corrected chi connectivity index (χ0v) is 18.6. The quantitative estimate of drug-likeness (QED) is 0.773. The zero-order valence-electron chi connectivity index (χ0n) is 18.6. The Balaban J connectivity index is 1.39. The highest BCUT2D eigenvalue weighted by Crippen LogP contribution is 2.42. The first-order valence-electron chi connectivity index (χ1n) is 11.7. The number of aromatic amines is 1. The molecule has 4 atom stereocenters. The maximum atomic E-state index is 13.1. The molecule has 2 aromatic rings. The number of methoxy groups -OCH3 is 1. The maximum absolute atomic E-state index is 13.1. The summed E-state index contributed by atoms with van der Waals surface area (Å²) in [7, 11) is 1.71. The first kappa shape index (κ1) is 20.5. The second-order valence-corrected chi connectivity index (χ2v) is 9.39. The Morgan fingerprint density at radius 2 is 2.13 bits per heavy atom. The van der Waals surface area contributed by atoms with Crippen LogP contribution in [0.3, 0.4) is 0 Å². The zero-order chi connectivity index (χ0) is 21.4. The molecule has 166 valence electrons. The van der Waals surface area contributed by atoms with Crippen LogP contribution in [0.2, 0.25) is 0 Å². The van der Waals surface area contributed by atoms with Gasteiger partial charge in [0.15, 0.2) is 0 Å². The van der Waals surface area contributed by atoms with Crippen LogP contribution in [-0.4, -0.2) is 63.2 Å². The van der Waals surface area contributed by atoms with E-state index in [0.29, 0.717) is 30.2 Å². The number of carbonyl (C=O) groups is 1. The molecule has 31 heavy (non-hydrogen) atoms. The van der Waals surface area contributed by atoms with Crippen LogP contribution in [0.25, 0.3) is 0 Å². The Hall–Kier alpha value is -2.41. The van der Waals surface area contributed by atoms with Crippen molar-refractivity contribution in [2.24, 2.45) is 11.8 Å². The molecule has 3 aliphatic rings. The van der Waals surface area contributed by atoms with Gasteiger partial charge in [-0.25, -0.2) is 4.98 Å². The molecule has 5 rings (SSSR count). The molecule has 7 heteroatoms. The number of rotatable bonds is 6. The number of carbonyl (C=O) groups excluding carboxylic acids is 1. The van der Waals surface area contributed by atoms with Crippen molar-refractivity contribution >= 4 is 5.91 Å². The van der Waals surface area contributed by atoms with Crippen LogP contribution in [0, 0.1) is 11.8 Å². The van der Waals surface area contributed by atoms with Gasteiger partial charge in [0.05, 0.1) is 13.7 Å². The lowest BCUT2D eigenvalue weighted by molar-refractivity contribution is -0.152. The number of amides is 1. The van der Waals surface area contributed by atoms with E-state index >= 15 is 0 Å². The molecular formula is C24H33N5O2. The SMILES string of the molecule is CCc1n[nH]c(CN2C[C@H]3C[C@@H](C2)[C@H](Cc2cccc(OC)c2)N2C(=O)CCC[C@@H]32)n1. The Labute approximate surface area is 184 Å². The number of hydrogen-bond acceptors (Lipinski definition) is 5. The van der Waals surface area contributed by atoms with Crippen molar-refractivity contribution in [3.05, 3.63) is 41.5 Å². The van der Waals surface area contributed by atoms with Gasteiger partial charge in [-0.15, -0.1) is 0 Å². The number of fused-ring (bicyclic) bond motifs is 4. The van der Waals surface area contributed by atoms with Crippen molar-refractivity contribution in [1.82, 2.24) is 25.0 Å². The van der Waals surface area contributed by atoms with E-state index in [9.17, 15) is 4.79 Å². The van der Waals surface area contributed by atoms with Gasteiger partial charge in [0.25, 0.3) is 0 Å². The van der Waals surface area contributed by atoms with Crippen molar-refractivity contribution < 1.29 is 9.53 Å². The number of nitrogens with one attached hydrogen (secondary N) is 1. The van der Waals surface area contributed by atoms with E-state index in [4.69, 9.17) is 4.74 Å². The lowest BCUT2D eigenvalue weighted by Gasteiger charge is -2.56. The lowest BCUT2D eigenvalue weighted by atomic mass is 9.71. The van der Waals surface area contributed by atoms with Crippen LogP contribution in [0.5, 0.6) is 5.75 Å². The largest absolute Gasteiger partial charge is 0.497 e. The molecule has 1 N–H and O–H groups in total. The topological polar surface area (TPSA) is 74.4 Å². The minimum Gasteiger partial charge on any atom is -0.497 e. The molecule has 1 aromatic heterocycles. The number of benzene rings is 1. The Morgan fingerprint density at radius 3 is 2.94 bits per heavy atom. The van der Waals surface area contributed by atoms with Gasteiger partial charge in [0.1, 0.15) is 17.4 Å². The van der Waals surface area contributed by atoms with Crippen molar-refractivity contribution in [3.8, 4) is 5.75 Å². The van der Waals surface area contributed by atoms with Gasteiger partial charge in [0.2, 0.25) is 5.91 Å². The van der Waals surface area contributed by atoms with Gasteiger partial charge in [0, 0.05) is 38.0 Å². The van der Waals surface area contributed by atoms with Gasteiger partial charge >= 0.3 is 0 Å². The van der Waals surface area contributed by atoms with Crippen LogP contribution < -0.4 is 4.74 Å². The second kappa shape index (κ2) is 8.61. The summed E-state index contributed by atoms with van der Waals surface area (Å²) in [5, 5.41) is 7.42. The molecule has 0 aliphatic carbocycles. The molecule has 0 spiro atoms. The first-order valence-corrected chi connectivity index (χ1v) is 11.7. The molecule has 0 radical (unpaired) electrons. The van der Waals surface area contributed by atoms with Crippen LogP contribution in [0.4, 0.5) is 0 Å². The smallest absolute Gasteiger partial charge is 0.223 e. The molecule has 0 saturated carbocycles. The third-order valence-electron chi connectivity index (χ3n) is 7.42. The third kappa shape index (κ3) is 4.07. The summed E-state index contributed by atoms with van der Waals surface area (Å²) in [6.45, 7) is 4.94. The fourth-order valence-corrected chi connectivity index (χ4v) is 6.08. The number of piperidine rings is 3. The summed E-state index contributed by atoms with van der Waals surface area (Å²) in [6.07, 6.45) is 5.82. The minimum atomic E-state index is 0.255. The van der Waals surface area contributed by atoms with Crippen LogP contribution >= 0.6 is 0 Å². The molecular weight excluding hydrogens is 390 g/mol. The van der Waals surface area contributed by atoms with Crippen molar-refractivity contribution in [2.75, 3.05) is 20.2 Å². The summed E-state index contributed by atoms with van der Waals surface area (Å²) in [4.78, 5) is 22.5. The van der Waals surface area contributed by atoms with Crippen molar-refractivity contribution in [2.45, 2.75) is 64.1 Å². The van der Waals surface area contributed by atoms with Gasteiger partial charge in [-0.05, 0) is 55.2 Å². The van der Waals surface area contributed by atoms with E-state index in [1.165, 1.54) is 12.0 Å². The third-order valence-corrected chi connectivity index (χ3v) is 7.42. The minimum absolute atomic E-state index is 0.255. The molecule has 2 bridgehead atoms. The van der Waals surface area contributed by atoms with Crippen LogP contribution in [-0.2, 0) is 24.2 Å². The number of ether oxygens (including phenoxy) is 1. The van der Waals surface area contributed by atoms with Gasteiger partial charge < -0.3 is 9.64 Å². The number of H-pyrrole nitrogens is 1. The van der Waals surface area contributed by atoms with Crippen molar-refractivity contribution in [3.63, 3.8) is 0 Å². The highest BCUT2D eigenvalue weighted by molar-refractivity contribution is 5.78. The predicted octanol–water partition coefficient (Wildman–Crippen LogP) is 2.82. The van der Waals surface area contributed by atoms with Crippen LogP contribution in [0.15, 0.2) is 24.3 Å². The maximum Gasteiger partial charge on any atom is 0.223 e. The fourth-order valence-electron chi connectivity index (χ4n) is 6.08. The summed E-state index contributed by atoms with van der Waals surface area (Å²) >= 11 is 0. The van der Waals surface area contributed by atoms with Gasteiger partial charge in [-0.2, -0.15) is 5.10 Å². The molecule has 3 saturated heterocycles. The summed E-state index contributed by atoms with van der Waals surface area (Å²) in [6, 6.07) is 8.95. The van der Waals surface area contributed by atoms with Crippen LogP contribution in [0.1, 0.15) is 49.8 Å². The molecule has 1 aromatic carbocycles. The molecule has 0 unspecified atom stereocenters. The van der Waals surface area contributed by atoms with E-state index in [1.807, 2.05) is 6.07 Å². The summed E-state index contributed by atoms with van der Waals surface area (Å²) in [5.74, 6) is 4.12. The molecule has 3 fully saturated rings. The number of aromatic nitrogens is 3.